The highest BCUT2D eigenvalue weighted by atomic mass is 35.5. The van der Waals surface area contributed by atoms with Gasteiger partial charge in [0.15, 0.2) is 6.10 Å². The van der Waals surface area contributed by atoms with Crippen molar-refractivity contribution in [3.05, 3.63) is 131 Å². The molecular weight excluding hydrogens is 516 g/mol. The number of hydrogen-bond donors (Lipinski definition) is 0. The lowest BCUT2D eigenvalue weighted by molar-refractivity contribution is -0.143. The van der Waals surface area contributed by atoms with Crippen LogP contribution in [0.25, 0.3) is 0 Å². The summed E-state index contributed by atoms with van der Waals surface area (Å²) in [6.45, 7) is 0.177. The Labute approximate surface area is 230 Å². The van der Waals surface area contributed by atoms with Crippen LogP contribution in [0.1, 0.15) is 27.5 Å². The molecule has 39 heavy (non-hydrogen) atoms. The van der Waals surface area contributed by atoms with E-state index in [1.54, 1.807) is 77.9 Å². The molecule has 0 unspecified atom stereocenters. The van der Waals surface area contributed by atoms with Crippen LogP contribution in [-0.2, 0) is 21.0 Å². The summed E-state index contributed by atoms with van der Waals surface area (Å²) in [7, 11) is 0. The van der Waals surface area contributed by atoms with Gasteiger partial charge in [-0.1, -0.05) is 72.3 Å². The van der Waals surface area contributed by atoms with Crippen LogP contribution in [0.4, 0.5) is 5.69 Å². The summed E-state index contributed by atoms with van der Waals surface area (Å²) in [5, 5.41) is 2.16. The Morgan fingerprint density at radius 3 is 2.10 bits per heavy atom. The summed E-state index contributed by atoms with van der Waals surface area (Å²) in [5.41, 5.74) is 2.69. The molecule has 2 aliphatic rings. The largest absolute Gasteiger partial charge is 0.423 e. The van der Waals surface area contributed by atoms with Crippen molar-refractivity contribution >= 4 is 35.1 Å². The summed E-state index contributed by atoms with van der Waals surface area (Å²) in [6.07, 6.45) is -0.961. The van der Waals surface area contributed by atoms with E-state index < -0.39 is 24.0 Å². The average molecular weight is 539 g/mol. The van der Waals surface area contributed by atoms with Gasteiger partial charge in [0.2, 0.25) is 5.91 Å². The zero-order valence-corrected chi connectivity index (χ0v) is 21.4. The molecule has 2 saturated heterocycles. The number of anilines is 1. The van der Waals surface area contributed by atoms with Gasteiger partial charge in [0.25, 0.3) is 5.91 Å². The van der Waals surface area contributed by atoms with Crippen LogP contribution in [0.5, 0.6) is 5.75 Å². The molecule has 0 spiro atoms. The quantitative estimate of drug-likeness (QED) is 0.180. The number of benzene rings is 4. The summed E-state index contributed by atoms with van der Waals surface area (Å²) in [4.78, 5) is 47.0. The molecule has 0 aliphatic carbocycles. The average Bonchev–Trinajstić information content (AvgIpc) is 3.47. The predicted octanol–water partition coefficient (Wildman–Crippen LogP) is 5.61. The summed E-state index contributed by atoms with van der Waals surface area (Å²) < 4.78 is 5.52. The van der Waals surface area contributed by atoms with Crippen LogP contribution < -0.4 is 9.80 Å². The zero-order chi connectivity index (χ0) is 26.9. The molecule has 2 heterocycles. The first-order chi connectivity index (χ1) is 19.0. The number of imide groups is 1. The molecule has 0 saturated carbocycles. The second-order valence-electron chi connectivity index (χ2n) is 9.37. The van der Waals surface area contributed by atoms with E-state index in [2.05, 4.69) is 0 Å². The van der Waals surface area contributed by atoms with Crippen molar-refractivity contribution in [2.75, 3.05) is 5.06 Å². The maximum Gasteiger partial charge on any atom is 0.343 e. The molecule has 0 N–H and O–H groups in total. The number of ether oxygens (including phenoxy) is 1. The van der Waals surface area contributed by atoms with E-state index in [-0.39, 0.29) is 18.4 Å². The molecule has 4 aromatic carbocycles. The van der Waals surface area contributed by atoms with Gasteiger partial charge in [-0.25, -0.2) is 9.86 Å². The van der Waals surface area contributed by atoms with Gasteiger partial charge in [0.05, 0.1) is 23.8 Å². The SMILES string of the molecule is O=C(Oc1ccc([C@@H]2[C@H]3C(=O)N(Cc4ccccc4)C(=O)[C@H]3ON2c2ccc(Cl)cc2)cc1)c1ccccc1. The first-order valence-corrected chi connectivity index (χ1v) is 12.9. The number of fused-ring (bicyclic) bond motifs is 1. The summed E-state index contributed by atoms with van der Waals surface area (Å²) in [5.74, 6) is -1.53. The molecule has 0 bridgehead atoms. The van der Waals surface area contributed by atoms with Crippen molar-refractivity contribution in [3.8, 4) is 5.75 Å². The maximum atomic E-state index is 13.7. The minimum Gasteiger partial charge on any atom is -0.423 e. The van der Waals surface area contributed by atoms with Crippen molar-refractivity contribution in [1.82, 2.24) is 4.90 Å². The second-order valence-corrected chi connectivity index (χ2v) is 9.81. The molecule has 3 atom stereocenters. The highest BCUT2D eigenvalue weighted by molar-refractivity contribution is 6.30. The van der Waals surface area contributed by atoms with Crippen molar-refractivity contribution < 1.29 is 24.0 Å². The van der Waals surface area contributed by atoms with Gasteiger partial charge in [-0.2, -0.15) is 0 Å². The van der Waals surface area contributed by atoms with E-state index >= 15 is 0 Å². The first-order valence-electron chi connectivity index (χ1n) is 12.5. The Balaban J connectivity index is 1.30. The van der Waals surface area contributed by atoms with Gasteiger partial charge in [-0.15, -0.1) is 0 Å². The third-order valence-electron chi connectivity index (χ3n) is 6.91. The Bertz CT molecular complexity index is 1510. The van der Waals surface area contributed by atoms with E-state index in [9.17, 15) is 14.4 Å². The maximum absolute atomic E-state index is 13.7. The van der Waals surface area contributed by atoms with Gasteiger partial charge in [-0.05, 0) is 59.7 Å². The molecule has 2 aliphatic heterocycles. The number of carbonyl (C=O) groups is 3. The lowest BCUT2D eigenvalue weighted by Crippen LogP contribution is -2.36. The third-order valence-corrected chi connectivity index (χ3v) is 7.16. The number of hydrogen-bond acceptors (Lipinski definition) is 6. The Kier molecular flexibility index (Phi) is 6.60. The van der Waals surface area contributed by atoms with Crippen LogP contribution in [0.2, 0.25) is 5.02 Å². The lowest BCUT2D eigenvalue weighted by Gasteiger charge is -2.29. The summed E-state index contributed by atoms with van der Waals surface area (Å²) >= 11 is 6.10. The minimum atomic E-state index is -0.961. The molecule has 8 heteroatoms. The zero-order valence-electron chi connectivity index (χ0n) is 20.6. The van der Waals surface area contributed by atoms with Crippen LogP contribution in [0, 0.1) is 5.92 Å². The fourth-order valence-corrected chi connectivity index (χ4v) is 5.14. The summed E-state index contributed by atoms with van der Waals surface area (Å²) in [6, 6.07) is 31.4. The number of esters is 1. The topological polar surface area (TPSA) is 76.2 Å². The van der Waals surface area contributed by atoms with Gasteiger partial charge >= 0.3 is 5.97 Å². The highest BCUT2D eigenvalue weighted by Gasteiger charge is 2.59. The Morgan fingerprint density at radius 1 is 0.795 bits per heavy atom. The lowest BCUT2D eigenvalue weighted by atomic mass is 9.90. The van der Waals surface area contributed by atoms with E-state index in [1.165, 1.54) is 4.90 Å². The van der Waals surface area contributed by atoms with Crippen LogP contribution in [-0.4, -0.2) is 28.8 Å². The predicted molar refractivity (Wildman–Crippen MR) is 145 cm³/mol. The second kappa shape index (κ2) is 10.4. The van der Waals surface area contributed by atoms with Gasteiger partial charge in [-0.3, -0.25) is 19.3 Å². The molecule has 2 amide bonds. The first kappa shape index (κ1) is 24.9. The van der Waals surface area contributed by atoms with Crippen molar-refractivity contribution in [3.63, 3.8) is 0 Å². The molecule has 4 aromatic rings. The molecular formula is C31H23ClN2O5. The smallest absolute Gasteiger partial charge is 0.343 e. The standard InChI is InChI=1S/C31H23ClN2O5/c32-23-13-15-24(16-14-23)34-27(21-11-17-25(18-12-21)38-31(37)22-9-5-2-6-10-22)26-28(39-34)30(36)33(29(26)35)19-20-7-3-1-4-8-20/h1-18,26-28H,19H2/t26-,27-,28+/m1/s1. The number of likely N-dealkylation sites (tertiary alicyclic amines) is 1. The normalized spacial score (nSPS) is 20.3. The Hall–Kier alpha value is -4.46. The van der Waals surface area contributed by atoms with E-state index in [1.807, 2.05) is 36.4 Å². The number of hydroxylamine groups is 1. The molecule has 7 nitrogen and oxygen atoms in total. The van der Waals surface area contributed by atoms with Crippen molar-refractivity contribution in [1.29, 1.82) is 0 Å². The van der Waals surface area contributed by atoms with E-state index in [0.717, 1.165) is 11.1 Å². The van der Waals surface area contributed by atoms with E-state index in [4.69, 9.17) is 21.2 Å². The molecule has 0 radical (unpaired) electrons. The Morgan fingerprint density at radius 2 is 1.44 bits per heavy atom. The molecule has 6 rings (SSSR count). The van der Waals surface area contributed by atoms with E-state index in [0.29, 0.717) is 22.0 Å². The van der Waals surface area contributed by atoms with Gasteiger partial charge in [0, 0.05) is 5.02 Å². The molecule has 2 fully saturated rings. The van der Waals surface area contributed by atoms with Gasteiger partial charge < -0.3 is 4.74 Å². The minimum absolute atomic E-state index is 0.177. The molecule has 194 valence electrons. The fraction of sp³-hybridized carbons (Fsp3) is 0.129. The number of halogens is 1. The monoisotopic (exact) mass is 538 g/mol. The fourth-order valence-electron chi connectivity index (χ4n) is 5.02. The van der Waals surface area contributed by atoms with Crippen molar-refractivity contribution in [2.24, 2.45) is 5.92 Å². The van der Waals surface area contributed by atoms with Gasteiger partial charge in [0.1, 0.15) is 11.7 Å². The van der Waals surface area contributed by atoms with Crippen LogP contribution >= 0.6 is 11.6 Å². The van der Waals surface area contributed by atoms with Crippen LogP contribution in [0.15, 0.2) is 109 Å². The third kappa shape index (κ3) is 4.78. The number of carbonyl (C=O) groups excluding carboxylic acids is 3. The number of amides is 2. The number of rotatable bonds is 6. The highest BCUT2D eigenvalue weighted by Crippen LogP contribution is 2.47. The van der Waals surface area contributed by atoms with Crippen LogP contribution in [0.3, 0.4) is 0 Å². The van der Waals surface area contributed by atoms with Crippen molar-refractivity contribution in [2.45, 2.75) is 18.7 Å². The molecule has 0 aromatic heterocycles. The number of nitrogens with zero attached hydrogens (tertiary/aromatic N) is 2.